The molecule has 3 heteroatoms. The van der Waals surface area contributed by atoms with Crippen LogP contribution in [0.15, 0.2) is 18.2 Å². The Bertz CT molecular complexity index is 334. The molecule has 0 aliphatic rings. The number of alkyl halides is 1. The van der Waals surface area contributed by atoms with Crippen molar-refractivity contribution in [2.45, 2.75) is 19.2 Å². The highest BCUT2D eigenvalue weighted by atomic mass is 35.5. The van der Waals surface area contributed by atoms with Gasteiger partial charge in [0, 0.05) is 0 Å². The molecule has 0 N–H and O–H groups in total. The van der Waals surface area contributed by atoms with Crippen molar-refractivity contribution in [1.82, 2.24) is 0 Å². The van der Waals surface area contributed by atoms with E-state index in [0.29, 0.717) is 0 Å². The molecule has 0 bridgehead atoms. The molecule has 70 valence electrons. The van der Waals surface area contributed by atoms with Crippen molar-refractivity contribution >= 4 is 17.4 Å². The smallest absolute Gasteiger partial charge is 0.183 e. The molecule has 1 aromatic carbocycles. The highest BCUT2D eigenvalue weighted by molar-refractivity contribution is 6.33. The topological polar surface area (TPSA) is 17.1 Å². The second kappa shape index (κ2) is 3.88. The lowest BCUT2D eigenvalue weighted by Gasteiger charge is -2.04. The Labute approximate surface area is 81.5 Å². The van der Waals surface area contributed by atoms with Gasteiger partial charge in [0.1, 0.15) is 5.82 Å². The van der Waals surface area contributed by atoms with Gasteiger partial charge in [-0.3, -0.25) is 4.79 Å². The van der Waals surface area contributed by atoms with Crippen molar-refractivity contribution in [3.8, 4) is 0 Å². The lowest BCUT2D eigenvalue weighted by Crippen LogP contribution is -2.12. The summed E-state index contributed by atoms with van der Waals surface area (Å²) in [5.41, 5.74) is 0.851. The highest BCUT2D eigenvalue weighted by Crippen LogP contribution is 2.14. The Morgan fingerprint density at radius 1 is 1.54 bits per heavy atom. The van der Waals surface area contributed by atoms with Crippen molar-refractivity contribution in [1.29, 1.82) is 0 Å². The van der Waals surface area contributed by atoms with E-state index in [4.69, 9.17) is 11.6 Å². The number of Topliss-reactive ketones (excluding diaryl/α,β-unsaturated/α-hetero) is 1. The summed E-state index contributed by atoms with van der Waals surface area (Å²) >= 11 is 5.56. The molecule has 0 saturated heterocycles. The average Bonchev–Trinajstić information content (AvgIpc) is 2.03. The standard InChI is InChI=1S/C10H10ClFO/c1-6-3-4-8(9(12)5-6)10(13)7(2)11/h3-5,7H,1-2H3. The van der Waals surface area contributed by atoms with Crippen LogP contribution in [0.3, 0.4) is 0 Å². The minimum Gasteiger partial charge on any atom is -0.292 e. The number of aryl methyl sites for hydroxylation is 1. The number of benzene rings is 1. The maximum absolute atomic E-state index is 13.2. The predicted molar refractivity (Wildman–Crippen MR) is 50.8 cm³/mol. The summed E-state index contributed by atoms with van der Waals surface area (Å²) in [6.45, 7) is 3.30. The molecule has 1 unspecified atom stereocenters. The van der Waals surface area contributed by atoms with E-state index in [1.54, 1.807) is 13.0 Å². The molecule has 1 atom stereocenters. The first-order chi connectivity index (χ1) is 6.02. The largest absolute Gasteiger partial charge is 0.292 e. The fraction of sp³-hybridized carbons (Fsp3) is 0.300. The molecule has 0 aliphatic heterocycles. The zero-order valence-electron chi connectivity index (χ0n) is 7.47. The number of hydrogen-bond acceptors (Lipinski definition) is 1. The van der Waals surface area contributed by atoms with Crippen LogP contribution in [-0.4, -0.2) is 11.2 Å². The SMILES string of the molecule is Cc1ccc(C(=O)C(C)Cl)c(F)c1. The minimum absolute atomic E-state index is 0.0631. The Kier molecular flexibility index (Phi) is 3.04. The third-order valence-electron chi connectivity index (χ3n) is 1.75. The van der Waals surface area contributed by atoms with Crippen LogP contribution in [0.1, 0.15) is 22.8 Å². The van der Waals surface area contributed by atoms with E-state index in [2.05, 4.69) is 0 Å². The third-order valence-corrected chi connectivity index (χ3v) is 1.95. The van der Waals surface area contributed by atoms with Crippen molar-refractivity contribution in [3.63, 3.8) is 0 Å². The van der Waals surface area contributed by atoms with Gasteiger partial charge in [0.25, 0.3) is 0 Å². The van der Waals surface area contributed by atoms with Crippen LogP contribution in [0.5, 0.6) is 0 Å². The van der Waals surface area contributed by atoms with Crippen molar-refractivity contribution in [2.75, 3.05) is 0 Å². The Hall–Kier alpha value is -0.890. The van der Waals surface area contributed by atoms with Gasteiger partial charge in [-0.25, -0.2) is 4.39 Å². The molecule has 0 aliphatic carbocycles. The lowest BCUT2D eigenvalue weighted by molar-refractivity contribution is 0.0988. The van der Waals surface area contributed by atoms with Crippen LogP contribution in [0, 0.1) is 12.7 Å². The molecule has 0 fully saturated rings. The summed E-state index contributed by atoms with van der Waals surface area (Å²) < 4.78 is 13.2. The van der Waals surface area contributed by atoms with Gasteiger partial charge in [0.05, 0.1) is 10.9 Å². The van der Waals surface area contributed by atoms with Gasteiger partial charge in [-0.05, 0) is 31.5 Å². The second-order valence-corrected chi connectivity index (χ2v) is 3.62. The molecule has 0 spiro atoms. The maximum Gasteiger partial charge on any atom is 0.183 e. The number of ketones is 1. The summed E-state index contributed by atoms with van der Waals surface area (Å²) in [4.78, 5) is 11.3. The van der Waals surface area contributed by atoms with Gasteiger partial charge in [0.15, 0.2) is 5.78 Å². The van der Waals surface area contributed by atoms with E-state index in [1.807, 2.05) is 0 Å². The molecular weight excluding hydrogens is 191 g/mol. The molecular formula is C10H10ClFO. The monoisotopic (exact) mass is 200 g/mol. The number of carbonyl (C=O) groups excluding carboxylic acids is 1. The number of hydrogen-bond donors (Lipinski definition) is 0. The Balaban J connectivity index is 3.09. The Morgan fingerprint density at radius 2 is 2.15 bits per heavy atom. The van der Waals surface area contributed by atoms with Gasteiger partial charge >= 0.3 is 0 Å². The molecule has 0 aromatic heterocycles. The quantitative estimate of drug-likeness (QED) is 0.530. The minimum atomic E-state index is -0.683. The number of halogens is 2. The summed E-state index contributed by atoms with van der Waals surface area (Å²) in [6.07, 6.45) is 0. The summed E-state index contributed by atoms with van der Waals surface area (Å²) in [5.74, 6) is -0.878. The van der Waals surface area contributed by atoms with Crippen LogP contribution in [-0.2, 0) is 0 Å². The first-order valence-corrected chi connectivity index (χ1v) is 4.40. The summed E-state index contributed by atoms with van der Waals surface area (Å²) in [7, 11) is 0. The lowest BCUT2D eigenvalue weighted by atomic mass is 10.1. The first kappa shape index (κ1) is 10.2. The van der Waals surface area contributed by atoms with E-state index in [0.717, 1.165) is 5.56 Å². The van der Waals surface area contributed by atoms with Gasteiger partial charge in [-0.15, -0.1) is 11.6 Å². The third kappa shape index (κ3) is 2.28. The van der Waals surface area contributed by atoms with Gasteiger partial charge in [-0.2, -0.15) is 0 Å². The van der Waals surface area contributed by atoms with Crippen LogP contribution in [0.2, 0.25) is 0 Å². The van der Waals surface area contributed by atoms with E-state index < -0.39 is 11.2 Å². The zero-order valence-corrected chi connectivity index (χ0v) is 8.23. The van der Waals surface area contributed by atoms with Crippen molar-refractivity contribution in [3.05, 3.63) is 35.1 Å². The average molecular weight is 201 g/mol. The van der Waals surface area contributed by atoms with E-state index in [1.165, 1.54) is 19.1 Å². The predicted octanol–water partition coefficient (Wildman–Crippen LogP) is 2.94. The van der Waals surface area contributed by atoms with E-state index in [9.17, 15) is 9.18 Å². The molecule has 1 nitrogen and oxygen atoms in total. The molecule has 0 heterocycles. The molecule has 0 amide bonds. The van der Waals surface area contributed by atoms with Gasteiger partial charge in [-0.1, -0.05) is 6.07 Å². The van der Waals surface area contributed by atoms with Crippen molar-refractivity contribution < 1.29 is 9.18 Å². The molecule has 0 saturated carbocycles. The second-order valence-electron chi connectivity index (χ2n) is 2.96. The van der Waals surface area contributed by atoms with Gasteiger partial charge in [0.2, 0.25) is 0 Å². The van der Waals surface area contributed by atoms with E-state index in [-0.39, 0.29) is 11.3 Å². The fourth-order valence-corrected chi connectivity index (χ4v) is 1.15. The highest BCUT2D eigenvalue weighted by Gasteiger charge is 2.16. The number of carbonyl (C=O) groups is 1. The van der Waals surface area contributed by atoms with Gasteiger partial charge < -0.3 is 0 Å². The summed E-state index contributed by atoms with van der Waals surface area (Å²) in [6, 6.07) is 4.48. The molecule has 1 rings (SSSR count). The first-order valence-electron chi connectivity index (χ1n) is 3.97. The number of rotatable bonds is 2. The van der Waals surface area contributed by atoms with Crippen molar-refractivity contribution in [2.24, 2.45) is 0 Å². The molecule has 13 heavy (non-hydrogen) atoms. The van der Waals surface area contributed by atoms with E-state index >= 15 is 0 Å². The fourth-order valence-electron chi connectivity index (χ4n) is 1.03. The summed E-state index contributed by atoms with van der Waals surface area (Å²) in [5, 5.41) is -0.683. The molecule has 0 radical (unpaired) electrons. The maximum atomic E-state index is 13.2. The van der Waals surface area contributed by atoms with Crippen LogP contribution < -0.4 is 0 Å². The van der Waals surface area contributed by atoms with Crippen LogP contribution in [0.25, 0.3) is 0 Å². The van der Waals surface area contributed by atoms with Crippen LogP contribution in [0.4, 0.5) is 4.39 Å². The van der Waals surface area contributed by atoms with Crippen LogP contribution >= 0.6 is 11.6 Å². The normalized spacial score (nSPS) is 12.6. The Morgan fingerprint density at radius 3 is 2.62 bits per heavy atom. The zero-order chi connectivity index (χ0) is 10.0. The molecule has 1 aromatic rings.